The van der Waals surface area contributed by atoms with Crippen molar-refractivity contribution in [2.45, 2.75) is 26.9 Å². The highest BCUT2D eigenvalue weighted by Gasteiger charge is 2.50. The molecule has 1 aliphatic heterocycles. The Morgan fingerprint density at radius 1 is 1.35 bits per heavy atom. The molecule has 5 nitrogen and oxygen atoms in total. The summed E-state index contributed by atoms with van der Waals surface area (Å²) in [6, 6.07) is 0. The predicted octanol–water partition coefficient (Wildman–Crippen LogP) is 1.28. The summed E-state index contributed by atoms with van der Waals surface area (Å²) in [7, 11) is 0. The van der Waals surface area contributed by atoms with Gasteiger partial charge in [0.2, 0.25) is 0 Å². The van der Waals surface area contributed by atoms with Gasteiger partial charge in [-0.15, -0.1) is 0 Å². The molecule has 0 amide bonds. The van der Waals surface area contributed by atoms with Crippen molar-refractivity contribution in [3.8, 4) is 0 Å². The lowest BCUT2D eigenvalue weighted by Crippen LogP contribution is -2.30. The van der Waals surface area contributed by atoms with Gasteiger partial charge in [-0.3, -0.25) is 9.59 Å². The van der Waals surface area contributed by atoms with E-state index in [4.69, 9.17) is 14.2 Å². The molecule has 0 aromatic rings. The van der Waals surface area contributed by atoms with Gasteiger partial charge in [-0.1, -0.05) is 6.58 Å². The molecule has 1 rings (SSSR count). The van der Waals surface area contributed by atoms with Crippen LogP contribution in [0.25, 0.3) is 0 Å². The van der Waals surface area contributed by atoms with Crippen molar-refractivity contribution in [3.05, 3.63) is 12.3 Å². The third-order valence-corrected chi connectivity index (χ3v) is 2.66. The van der Waals surface area contributed by atoms with Gasteiger partial charge in [-0.05, 0) is 20.8 Å². The van der Waals surface area contributed by atoms with Gasteiger partial charge >= 0.3 is 11.9 Å². The van der Waals surface area contributed by atoms with Crippen LogP contribution in [0.2, 0.25) is 0 Å². The molecular formula is C12H18O5. The van der Waals surface area contributed by atoms with E-state index in [1.807, 2.05) is 6.92 Å². The molecule has 0 saturated carbocycles. The maximum absolute atomic E-state index is 11.7. The Hall–Kier alpha value is -1.52. The monoisotopic (exact) mass is 242 g/mol. The number of esters is 2. The molecule has 3 unspecified atom stereocenters. The quantitative estimate of drug-likeness (QED) is 0.413. The maximum Gasteiger partial charge on any atom is 0.321 e. The highest BCUT2D eigenvalue weighted by atomic mass is 16.6. The molecule has 0 radical (unpaired) electrons. The van der Waals surface area contributed by atoms with E-state index in [0.29, 0.717) is 12.4 Å². The zero-order valence-corrected chi connectivity index (χ0v) is 10.4. The summed E-state index contributed by atoms with van der Waals surface area (Å²) in [6.07, 6.45) is -0.420. The average molecular weight is 242 g/mol. The summed E-state index contributed by atoms with van der Waals surface area (Å²) in [4.78, 5) is 23.3. The number of carbonyl (C=O) groups excluding carboxylic acids is 2. The molecule has 96 valence electrons. The van der Waals surface area contributed by atoms with Gasteiger partial charge in [-0.25, -0.2) is 0 Å². The minimum absolute atomic E-state index is 0.227. The standard InChI is InChI=1S/C12H18O5/c1-5-15-7(3)9-8(4)17-12(14)10(9)11(13)16-6-2/h8-10H,3,5-6H2,1-2,4H3. The molecule has 1 heterocycles. The van der Waals surface area contributed by atoms with Gasteiger partial charge in [0.15, 0.2) is 5.92 Å². The largest absolute Gasteiger partial charge is 0.498 e. The topological polar surface area (TPSA) is 61.8 Å². The van der Waals surface area contributed by atoms with E-state index in [2.05, 4.69) is 6.58 Å². The lowest BCUT2D eigenvalue weighted by molar-refractivity contribution is -0.156. The van der Waals surface area contributed by atoms with E-state index in [-0.39, 0.29) is 6.61 Å². The van der Waals surface area contributed by atoms with Crippen molar-refractivity contribution >= 4 is 11.9 Å². The number of hydrogen-bond donors (Lipinski definition) is 0. The van der Waals surface area contributed by atoms with E-state index in [0.717, 1.165) is 0 Å². The van der Waals surface area contributed by atoms with Crippen LogP contribution in [-0.2, 0) is 23.8 Å². The summed E-state index contributed by atoms with van der Waals surface area (Å²) in [5.74, 6) is -2.18. The van der Waals surface area contributed by atoms with Crippen molar-refractivity contribution in [1.29, 1.82) is 0 Å². The van der Waals surface area contributed by atoms with Gasteiger partial charge in [-0.2, -0.15) is 0 Å². The molecule has 0 aromatic carbocycles. The van der Waals surface area contributed by atoms with Gasteiger partial charge in [0.25, 0.3) is 0 Å². The first-order valence-corrected chi connectivity index (χ1v) is 5.71. The number of hydrogen-bond acceptors (Lipinski definition) is 5. The van der Waals surface area contributed by atoms with E-state index in [9.17, 15) is 9.59 Å². The van der Waals surface area contributed by atoms with Gasteiger partial charge in [0, 0.05) is 0 Å². The lowest BCUT2D eigenvalue weighted by atomic mass is 9.89. The van der Waals surface area contributed by atoms with Crippen LogP contribution in [0.1, 0.15) is 20.8 Å². The number of cyclic esters (lactones) is 1. The molecule has 1 saturated heterocycles. The van der Waals surface area contributed by atoms with E-state index < -0.39 is 29.9 Å². The Labute approximate surface area is 101 Å². The first-order valence-electron chi connectivity index (χ1n) is 5.71. The van der Waals surface area contributed by atoms with Crippen molar-refractivity contribution < 1.29 is 23.8 Å². The fourth-order valence-corrected chi connectivity index (χ4v) is 1.95. The summed E-state index contributed by atoms with van der Waals surface area (Å²) in [5, 5.41) is 0. The predicted molar refractivity (Wildman–Crippen MR) is 59.9 cm³/mol. The zero-order valence-electron chi connectivity index (χ0n) is 10.4. The molecular weight excluding hydrogens is 224 g/mol. The van der Waals surface area contributed by atoms with Crippen molar-refractivity contribution in [3.63, 3.8) is 0 Å². The van der Waals surface area contributed by atoms with Crippen LogP contribution in [0.3, 0.4) is 0 Å². The minimum Gasteiger partial charge on any atom is -0.498 e. The molecule has 0 spiro atoms. The van der Waals surface area contributed by atoms with E-state index >= 15 is 0 Å². The molecule has 0 bridgehead atoms. The fourth-order valence-electron chi connectivity index (χ4n) is 1.95. The van der Waals surface area contributed by atoms with E-state index in [1.165, 1.54) is 0 Å². The van der Waals surface area contributed by atoms with Crippen molar-refractivity contribution in [1.82, 2.24) is 0 Å². The number of carbonyl (C=O) groups is 2. The van der Waals surface area contributed by atoms with Crippen LogP contribution in [0.15, 0.2) is 12.3 Å². The molecule has 3 atom stereocenters. The Balaban J connectivity index is 2.86. The third kappa shape index (κ3) is 2.78. The molecule has 0 aromatic heterocycles. The van der Waals surface area contributed by atoms with Crippen LogP contribution in [-0.4, -0.2) is 31.3 Å². The van der Waals surface area contributed by atoms with Gasteiger partial charge in [0.1, 0.15) is 6.10 Å². The summed E-state index contributed by atoms with van der Waals surface area (Å²) in [6.45, 7) is 9.62. The fraction of sp³-hybridized carbons (Fsp3) is 0.667. The zero-order chi connectivity index (χ0) is 13.0. The highest BCUT2D eigenvalue weighted by molar-refractivity contribution is 5.97. The minimum atomic E-state index is -0.955. The smallest absolute Gasteiger partial charge is 0.321 e. The van der Waals surface area contributed by atoms with Crippen molar-refractivity contribution in [2.75, 3.05) is 13.2 Å². The molecule has 0 N–H and O–H groups in total. The summed E-state index contributed by atoms with van der Waals surface area (Å²) < 4.78 is 15.2. The van der Waals surface area contributed by atoms with Crippen LogP contribution in [0.4, 0.5) is 0 Å². The van der Waals surface area contributed by atoms with Crippen LogP contribution < -0.4 is 0 Å². The lowest BCUT2D eigenvalue weighted by Gasteiger charge is -2.19. The first kappa shape index (κ1) is 13.5. The third-order valence-electron chi connectivity index (χ3n) is 2.66. The Morgan fingerprint density at radius 3 is 2.47 bits per heavy atom. The second kappa shape index (κ2) is 5.70. The molecule has 17 heavy (non-hydrogen) atoms. The summed E-state index contributed by atoms with van der Waals surface area (Å²) in [5.41, 5.74) is 0. The highest BCUT2D eigenvalue weighted by Crippen LogP contribution is 2.34. The Bertz CT molecular complexity index is 323. The first-order chi connectivity index (χ1) is 8.02. The molecule has 5 heteroatoms. The van der Waals surface area contributed by atoms with E-state index in [1.54, 1.807) is 13.8 Å². The molecule has 1 aliphatic rings. The SMILES string of the molecule is C=C(OCC)C1C(C)OC(=O)C1C(=O)OCC. The van der Waals surface area contributed by atoms with Gasteiger partial charge in [0.05, 0.1) is 24.9 Å². The molecule has 1 fully saturated rings. The Kier molecular flexibility index (Phi) is 4.54. The molecule has 0 aliphatic carbocycles. The maximum atomic E-state index is 11.7. The second-order valence-corrected chi connectivity index (χ2v) is 3.80. The van der Waals surface area contributed by atoms with Crippen molar-refractivity contribution in [2.24, 2.45) is 11.8 Å². The number of ether oxygens (including phenoxy) is 3. The second-order valence-electron chi connectivity index (χ2n) is 3.80. The Morgan fingerprint density at radius 2 is 1.94 bits per heavy atom. The van der Waals surface area contributed by atoms with Crippen LogP contribution in [0, 0.1) is 11.8 Å². The summed E-state index contributed by atoms with van der Waals surface area (Å²) >= 11 is 0. The average Bonchev–Trinajstić information content (AvgIpc) is 2.54. The van der Waals surface area contributed by atoms with Crippen LogP contribution in [0.5, 0.6) is 0 Å². The number of rotatable bonds is 5. The van der Waals surface area contributed by atoms with Gasteiger partial charge < -0.3 is 14.2 Å². The normalized spacial score (nSPS) is 27.5. The van der Waals surface area contributed by atoms with Crippen LogP contribution >= 0.6 is 0 Å².